The number of H-pyrrole nitrogens is 1. The summed E-state index contributed by atoms with van der Waals surface area (Å²) in [5.74, 6) is 2.90. The monoisotopic (exact) mass is 455 g/mol. The average molecular weight is 456 g/mol. The molecule has 0 aliphatic heterocycles. The van der Waals surface area contributed by atoms with Gasteiger partial charge in [-0.25, -0.2) is 14.8 Å². The van der Waals surface area contributed by atoms with Crippen LogP contribution in [0.25, 0.3) is 0 Å². The van der Waals surface area contributed by atoms with Gasteiger partial charge in [0.25, 0.3) is 0 Å². The minimum absolute atomic E-state index is 0.171. The molecule has 9 nitrogen and oxygen atoms in total. The normalized spacial score (nSPS) is 21.7. The van der Waals surface area contributed by atoms with E-state index in [9.17, 15) is 4.79 Å². The van der Waals surface area contributed by atoms with Crippen LogP contribution in [-0.2, 0) is 11.3 Å². The highest BCUT2D eigenvalue weighted by atomic mass is 16.6. The van der Waals surface area contributed by atoms with E-state index in [1.54, 1.807) is 6.20 Å². The summed E-state index contributed by atoms with van der Waals surface area (Å²) < 4.78 is 5.36. The van der Waals surface area contributed by atoms with Crippen molar-refractivity contribution in [3.8, 4) is 0 Å². The Labute approximate surface area is 195 Å². The fraction of sp³-hybridized carbons (Fsp3) is 0.667. The Hall–Kier alpha value is -2.68. The SMILES string of the molecule is CC(C)(C)OC(=O)NC1CCC(NCc2nccc(Nc3cc(C4CCCC4)[nH]n3)n2)CC1. The van der Waals surface area contributed by atoms with Gasteiger partial charge in [-0.2, -0.15) is 5.10 Å². The molecule has 9 heteroatoms. The second-order valence-electron chi connectivity index (χ2n) is 10.2. The summed E-state index contributed by atoms with van der Waals surface area (Å²) in [5, 5.41) is 17.4. The van der Waals surface area contributed by atoms with Crippen molar-refractivity contribution >= 4 is 17.7 Å². The number of carbonyl (C=O) groups excluding carboxylic acids is 1. The quantitative estimate of drug-likeness (QED) is 0.485. The summed E-state index contributed by atoms with van der Waals surface area (Å²) in [6.07, 6.45) is 10.4. The number of carbonyl (C=O) groups is 1. The van der Waals surface area contributed by atoms with Crippen LogP contribution in [-0.4, -0.2) is 43.9 Å². The molecule has 2 saturated carbocycles. The van der Waals surface area contributed by atoms with E-state index in [2.05, 4.69) is 42.2 Å². The van der Waals surface area contributed by atoms with Crippen LogP contribution in [0.3, 0.4) is 0 Å². The zero-order valence-electron chi connectivity index (χ0n) is 20.0. The molecule has 0 unspecified atom stereocenters. The van der Waals surface area contributed by atoms with Crippen molar-refractivity contribution in [2.24, 2.45) is 0 Å². The van der Waals surface area contributed by atoms with Crippen molar-refractivity contribution in [2.45, 2.75) is 102 Å². The molecule has 4 rings (SSSR count). The summed E-state index contributed by atoms with van der Waals surface area (Å²) in [7, 11) is 0. The van der Waals surface area contributed by atoms with E-state index in [4.69, 9.17) is 4.74 Å². The average Bonchev–Trinajstić information content (AvgIpc) is 3.44. The van der Waals surface area contributed by atoms with Gasteiger partial charge in [0.1, 0.15) is 17.2 Å². The van der Waals surface area contributed by atoms with E-state index in [0.29, 0.717) is 18.5 Å². The number of aromatic nitrogens is 4. The fourth-order valence-electron chi connectivity index (χ4n) is 4.68. The molecule has 180 valence electrons. The lowest BCUT2D eigenvalue weighted by atomic mass is 9.91. The molecule has 2 aromatic rings. The molecule has 33 heavy (non-hydrogen) atoms. The minimum Gasteiger partial charge on any atom is -0.444 e. The summed E-state index contributed by atoms with van der Waals surface area (Å²) in [6.45, 7) is 6.24. The van der Waals surface area contributed by atoms with Crippen molar-refractivity contribution in [1.82, 2.24) is 30.8 Å². The number of nitrogens with zero attached hydrogens (tertiary/aromatic N) is 3. The van der Waals surface area contributed by atoms with E-state index in [1.807, 2.05) is 26.8 Å². The Morgan fingerprint density at radius 1 is 1.09 bits per heavy atom. The molecule has 4 N–H and O–H groups in total. The molecule has 0 spiro atoms. The third kappa shape index (κ3) is 7.15. The topological polar surface area (TPSA) is 117 Å². The van der Waals surface area contributed by atoms with Crippen LogP contribution < -0.4 is 16.0 Å². The van der Waals surface area contributed by atoms with Crippen LogP contribution in [0.1, 0.15) is 89.6 Å². The molecule has 0 atom stereocenters. The predicted octanol–water partition coefficient (Wildman–Crippen LogP) is 4.53. The van der Waals surface area contributed by atoms with Crippen molar-refractivity contribution in [2.75, 3.05) is 5.32 Å². The van der Waals surface area contributed by atoms with Gasteiger partial charge in [-0.1, -0.05) is 12.8 Å². The van der Waals surface area contributed by atoms with Crippen LogP contribution in [0, 0.1) is 0 Å². The number of hydrogen-bond donors (Lipinski definition) is 4. The minimum atomic E-state index is -0.471. The highest BCUT2D eigenvalue weighted by Gasteiger charge is 2.25. The first-order valence-electron chi connectivity index (χ1n) is 12.2. The van der Waals surface area contributed by atoms with Gasteiger partial charge in [0.05, 0.1) is 6.54 Å². The maximum atomic E-state index is 12.0. The van der Waals surface area contributed by atoms with Gasteiger partial charge in [0, 0.05) is 36.0 Å². The number of aromatic amines is 1. The third-order valence-electron chi connectivity index (χ3n) is 6.35. The predicted molar refractivity (Wildman–Crippen MR) is 127 cm³/mol. The van der Waals surface area contributed by atoms with Gasteiger partial charge in [0.2, 0.25) is 0 Å². The van der Waals surface area contributed by atoms with Crippen molar-refractivity contribution in [3.63, 3.8) is 0 Å². The smallest absolute Gasteiger partial charge is 0.407 e. The zero-order valence-corrected chi connectivity index (χ0v) is 20.0. The van der Waals surface area contributed by atoms with E-state index < -0.39 is 5.60 Å². The molecule has 1 amide bonds. The number of hydrogen-bond acceptors (Lipinski definition) is 7. The maximum Gasteiger partial charge on any atom is 0.407 e. The maximum absolute atomic E-state index is 12.0. The molecular formula is C24H37N7O2. The lowest BCUT2D eigenvalue weighted by molar-refractivity contribution is 0.0489. The largest absolute Gasteiger partial charge is 0.444 e. The zero-order chi connectivity index (χ0) is 23.3. The first-order chi connectivity index (χ1) is 15.8. The van der Waals surface area contributed by atoms with Crippen LogP contribution in [0.15, 0.2) is 18.3 Å². The van der Waals surface area contributed by atoms with Gasteiger partial charge in [0.15, 0.2) is 5.82 Å². The summed E-state index contributed by atoms with van der Waals surface area (Å²) in [5.41, 5.74) is 0.740. The molecule has 2 heterocycles. The molecule has 2 aliphatic rings. The highest BCUT2D eigenvalue weighted by molar-refractivity contribution is 5.68. The van der Waals surface area contributed by atoms with Crippen LogP contribution >= 0.6 is 0 Å². The van der Waals surface area contributed by atoms with Crippen molar-refractivity contribution in [1.29, 1.82) is 0 Å². The van der Waals surface area contributed by atoms with Gasteiger partial charge in [-0.15, -0.1) is 0 Å². The number of rotatable bonds is 7. The Balaban J connectivity index is 1.21. The fourth-order valence-corrected chi connectivity index (χ4v) is 4.68. The molecule has 2 aromatic heterocycles. The summed E-state index contributed by atoms with van der Waals surface area (Å²) >= 11 is 0. The first-order valence-corrected chi connectivity index (χ1v) is 12.2. The molecule has 0 radical (unpaired) electrons. The molecule has 2 aliphatic carbocycles. The number of ether oxygens (including phenoxy) is 1. The molecule has 0 bridgehead atoms. The highest BCUT2D eigenvalue weighted by Crippen LogP contribution is 2.33. The van der Waals surface area contributed by atoms with Crippen LogP contribution in [0.4, 0.5) is 16.4 Å². The van der Waals surface area contributed by atoms with Crippen LogP contribution in [0.2, 0.25) is 0 Å². The molecular weight excluding hydrogens is 418 g/mol. The van der Waals surface area contributed by atoms with Crippen LogP contribution in [0.5, 0.6) is 0 Å². The van der Waals surface area contributed by atoms with Gasteiger partial charge in [-0.05, 0) is 65.4 Å². The molecule has 2 fully saturated rings. The second kappa shape index (κ2) is 10.5. The van der Waals surface area contributed by atoms with E-state index in [-0.39, 0.29) is 12.1 Å². The standard InChI is InChI=1S/C24H37N7O2/c1-24(2,3)33-23(32)27-18-10-8-17(9-11-18)26-15-22-25-13-12-20(29-22)28-21-14-19(30-31-21)16-6-4-5-7-16/h12-14,16-18,26H,4-11,15H2,1-3H3,(H,27,32)(H2,25,28,29,30,31). The number of alkyl carbamates (subject to hydrolysis) is 1. The molecule has 0 aromatic carbocycles. The molecule has 0 saturated heterocycles. The summed E-state index contributed by atoms with van der Waals surface area (Å²) in [4.78, 5) is 21.0. The lowest BCUT2D eigenvalue weighted by Crippen LogP contribution is -2.43. The number of anilines is 2. The van der Waals surface area contributed by atoms with Crippen molar-refractivity contribution < 1.29 is 9.53 Å². The Bertz CT molecular complexity index is 910. The van der Waals surface area contributed by atoms with E-state index in [0.717, 1.165) is 43.1 Å². The second-order valence-corrected chi connectivity index (χ2v) is 10.2. The lowest BCUT2D eigenvalue weighted by Gasteiger charge is -2.30. The first kappa shape index (κ1) is 23.5. The van der Waals surface area contributed by atoms with Gasteiger partial charge < -0.3 is 20.7 Å². The van der Waals surface area contributed by atoms with Gasteiger partial charge >= 0.3 is 6.09 Å². The summed E-state index contributed by atoms with van der Waals surface area (Å²) in [6, 6.07) is 4.52. The van der Waals surface area contributed by atoms with Gasteiger partial charge in [-0.3, -0.25) is 5.10 Å². The Morgan fingerprint density at radius 2 is 1.82 bits per heavy atom. The number of nitrogens with one attached hydrogen (secondary N) is 4. The Kier molecular flexibility index (Phi) is 7.47. The van der Waals surface area contributed by atoms with E-state index in [1.165, 1.54) is 31.4 Å². The van der Waals surface area contributed by atoms with Crippen molar-refractivity contribution in [3.05, 3.63) is 29.8 Å². The Morgan fingerprint density at radius 3 is 2.55 bits per heavy atom. The number of amides is 1. The van der Waals surface area contributed by atoms with E-state index >= 15 is 0 Å². The third-order valence-corrected chi connectivity index (χ3v) is 6.35.